The number of nitrogens with zero attached hydrogens (tertiary/aromatic N) is 3. The maximum atomic E-state index is 5.78. The van der Waals surface area contributed by atoms with Crippen molar-refractivity contribution in [2.45, 2.75) is 39.3 Å². The molecule has 0 aliphatic rings. The summed E-state index contributed by atoms with van der Waals surface area (Å²) in [6, 6.07) is 8.46. The summed E-state index contributed by atoms with van der Waals surface area (Å²) in [5, 5.41) is 7.64. The first-order valence-corrected chi connectivity index (χ1v) is 7.43. The number of nitrogens with one attached hydrogen (secondary N) is 1. The Kier molecular flexibility index (Phi) is 5.33. The van der Waals surface area contributed by atoms with Gasteiger partial charge >= 0.3 is 0 Å². The fraction of sp³-hybridized carbons (Fsp3) is 0.500. The molecular formula is C16H24N4O. The smallest absolute Gasteiger partial charge is 0.138 e. The zero-order chi connectivity index (χ0) is 15.2. The van der Waals surface area contributed by atoms with Gasteiger partial charge in [0, 0.05) is 19.5 Å². The van der Waals surface area contributed by atoms with Gasteiger partial charge < -0.3 is 10.1 Å². The first-order valence-electron chi connectivity index (χ1n) is 7.43. The maximum absolute atomic E-state index is 5.78. The monoisotopic (exact) mass is 288 g/mol. The Morgan fingerprint density at radius 1 is 1.33 bits per heavy atom. The fourth-order valence-electron chi connectivity index (χ4n) is 2.32. The predicted molar refractivity (Wildman–Crippen MR) is 83.3 cm³/mol. The molecule has 1 aromatic heterocycles. The van der Waals surface area contributed by atoms with Crippen molar-refractivity contribution in [2.24, 2.45) is 7.05 Å². The number of ether oxygens (including phenoxy) is 1. The molecule has 5 heteroatoms. The molecule has 5 nitrogen and oxygen atoms in total. The Morgan fingerprint density at radius 3 is 2.76 bits per heavy atom. The van der Waals surface area contributed by atoms with Crippen molar-refractivity contribution in [1.29, 1.82) is 0 Å². The zero-order valence-corrected chi connectivity index (χ0v) is 13.2. The van der Waals surface area contributed by atoms with Crippen LogP contribution in [-0.2, 0) is 13.5 Å². The second-order valence-corrected chi connectivity index (χ2v) is 5.35. The average molecular weight is 288 g/mol. The molecular weight excluding hydrogens is 264 g/mol. The van der Waals surface area contributed by atoms with Crippen LogP contribution in [-0.4, -0.2) is 27.4 Å². The molecule has 1 heterocycles. The molecule has 1 atom stereocenters. The minimum atomic E-state index is 0.177. The van der Waals surface area contributed by atoms with Crippen LogP contribution in [0.3, 0.4) is 0 Å². The average Bonchev–Trinajstić information content (AvgIpc) is 2.83. The molecule has 0 saturated carbocycles. The van der Waals surface area contributed by atoms with Gasteiger partial charge in [-0.1, -0.05) is 19.1 Å². The van der Waals surface area contributed by atoms with Crippen LogP contribution < -0.4 is 10.1 Å². The lowest BCUT2D eigenvalue weighted by molar-refractivity contribution is 0.242. The lowest BCUT2D eigenvalue weighted by Gasteiger charge is -2.19. The van der Waals surface area contributed by atoms with Gasteiger partial charge in [0.15, 0.2) is 0 Å². The van der Waals surface area contributed by atoms with Crippen molar-refractivity contribution in [2.75, 3.05) is 6.54 Å². The topological polar surface area (TPSA) is 52.0 Å². The summed E-state index contributed by atoms with van der Waals surface area (Å²) in [4.78, 5) is 4.31. The molecule has 0 fully saturated rings. The Bertz CT molecular complexity index is 565. The highest BCUT2D eigenvalue weighted by atomic mass is 16.5. The summed E-state index contributed by atoms with van der Waals surface area (Å²) in [5.41, 5.74) is 1.21. The van der Waals surface area contributed by atoms with Gasteiger partial charge in [0.2, 0.25) is 0 Å². The molecule has 1 N–H and O–H groups in total. The SMILES string of the molecule is CCNC(Cc1ncnn1C)c1cccc(OC(C)C)c1. The molecule has 0 saturated heterocycles. The van der Waals surface area contributed by atoms with Crippen LogP contribution in [0, 0.1) is 0 Å². The van der Waals surface area contributed by atoms with Crippen LogP contribution in [0.4, 0.5) is 0 Å². The molecule has 0 aliphatic carbocycles. The van der Waals surface area contributed by atoms with Crippen molar-refractivity contribution >= 4 is 0 Å². The van der Waals surface area contributed by atoms with E-state index in [4.69, 9.17) is 4.74 Å². The van der Waals surface area contributed by atoms with Crippen molar-refractivity contribution in [1.82, 2.24) is 20.1 Å². The molecule has 0 radical (unpaired) electrons. The highest BCUT2D eigenvalue weighted by Gasteiger charge is 2.15. The summed E-state index contributed by atoms with van der Waals surface area (Å²) in [5.74, 6) is 1.87. The quantitative estimate of drug-likeness (QED) is 0.850. The molecule has 2 aromatic rings. The molecule has 21 heavy (non-hydrogen) atoms. The Morgan fingerprint density at radius 2 is 2.14 bits per heavy atom. The van der Waals surface area contributed by atoms with Crippen LogP contribution in [0.15, 0.2) is 30.6 Å². The maximum Gasteiger partial charge on any atom is 0.138 e. The van der Waals surface area contributed by atoms with E-state index in [1.54, 1.807) is 6.33 Å². The molecule has 0 aliphatic heterocycles. The van der Waals surface area contributed by atoms with E-state index in [1.807, 2.05) is 37.7 Å². The Hall–Kier alpha value is -1.88. The fourth-order valence-corrected chi connectivity index (χ4v) is 2.32. The van der Waals surface area contributed by atoms with Crippen LogP contribution in [0.1, 0.15) is 38.2 Å². The minimum Gasteiger partial charge on any atom is -0.491 e. The minimum absolute atomic E-state index is 0.177. The summed E-state index contributed by atoms with van der Waals surface area (Å²) in [6.45, 7) is 7.08. The summed E-state index contributed by atoms with van der Waals surface area (Å²) in [6.07, 6.45) is 2.57. The number of likely N-dealkylation sites (N-methyl/N-ethyl adjacent to an activating group) is 1. The molecule has 0 spiro atoms. The number of benzene rings is 1. The van der Waals surface area contributed by atoms with Gasteiger partial charge in [-0.25, -0.2) is 4.98 Å². The Labute approximate surface area is 126 Å². The predicted octanol–water partition coefficient (Wildman–Crippen LogP) is 2.50. The third-order valence-electron chi connectivity index (χ3n) is 3.27. The van der Waals surface area contributed by atoms with Crippen molar-refractivity contribution in [3.05, 3.63) is 42.0 Å². The third kappa shape index (κ3) is 4.29. The van der Waals surface area contributed by atoms with E-state index in [9.17, 15) is 0 Å². The van der Waals surface area contributed by atoms with Crippen molar-refractivity contribution in [3.8, 4) is 5.75 Å². The molecule has 1 aromatic carbocycles. The molecule has 114 valence electrons. The Balaban J connectivity index is 2.19. The van der Waals surface area contributed by atoms with Gasteiger partial charge in [0.1, 0.15) is 17.9 Å². The van der Waals surface area contributed by atoms with E-state index < -0.39 is 0 Å². The number of hydrogen-bond donors (Lipinski definition) is 1. The van der Waals surface area contributed by atoms with Gasteiger partial charge in [-0.2, -0.15) is 5.10 Å². The number of rotatable bonds is 7. The lowest BCUT2D eigenvalue weighted by Crippen LogP contribution is -2.24. The van der Waals surface area contributed by atoms with E-state index in [0.717, 1.165) is 24.5 Å². The molecule has 0 bridgehead atoms. The van der Waals surface area contributed by atoms with Crippen molar-refractivity contribution in [3.63, 3.8) is 0 Å². The number of aryl methyl sites for hydroxylation is 1. The van der Waals surface area contributed by atoms with Crippen LogP contribution in [0.5, 0.6) is 5.75 Å². The molecule has 0 amide bonds. The molecule has 2 rings (SSSR count). The summed E-state index contributed by atoms with van der Waals surface area (Å²) < 4.78 is 7.60. The summed E-state index contributed by atoms with van der Waals surface area (Å²) in [7, 11) is 1.92. The second kappa shape index (κ2) is 7.22. The van der Waals surface area contributed by atoms with E-state index in [1.165, 1.54) is 5.56 Å². The van der Waals surface area contributed by atoms with E-state index in [-0.39, 0.29) is 12.1 Å². The number of hydrogen-bond acceptors (Lipinski definition) is 4. The first-order chi connectivity index (χ1) is 10.1. The highest BCUT2D eigenvalue weighted by molar-refractivity contribution is 5.31. The van der Waals surface area contributed by atoms with E-state index in [2.05, 4.69) is 34.5 Å². The van der Waals surface area contributed by atoms with Crippen LogP contribution in [0.25, 0.3) is 0 Å². The second-order valence-electron chi connectivity index (χ2n) is 5.35. The standard InChI is InChI=1S/C16H24N4O/c1-5-17-15(10-16-18-11-19-20(16)4)13-7-6-8-14(9-13)21-12(2)3/h6-9,11-12,15,17H,5,10H2,1-4H3. The van der Waals surface area contributed by atoms with Gasteiger partial charge in [0.05, 0.1) is 6.10 Å². The number of aromatic nitrogens is 3. The van der Waals surface area contributed by atoms with E-state index in [0.29, 0.717) is 0 Å². The third-order valence-corrected chi connectivity index (χ3v) is 3.27. The van der Waals surface area contributed by atoms with Crippen molar-refractivity contribution < 1.29 is 4.74 Å². The normalized spacial score (nSPS) is 12.6. The van der Waals surface area contributed by atoms with E-state index >= 15 is 0 Å². The van der Waals surface area contributed by atoms with Crippen LogP contribution in [0.2, 0.25) is 0 Å². The van der Waals surface area contributed by atoms with Crippen LogP contribution >= 0.6 is 0 Å². The summed E-state index contributed by atoms with van der Waals surface area (Å²) >= 11 is 0. The van der Waals surface area contributed by atoms with Gasteiger partial charge in [0.25, 0.3) is 0 Å². The zero-order valence-electron chi connectivity index (χ0n) is 13.2. The lowest BCUT2D eigenvalue weighted by atomic mass is 10.0. The van der Waals surface area contributed by atoms with Gasteiger partial charge in [-0.15, -0.1) is 0 Å². The first kappa shape index (κ1) is 15.5. The van der Waals surface area contributed by atoms with Gasteiger partial charge in [-0.3, -0.25) is 4.68 Å². The molecule has 1 unspecified atom stereocenters. The van der Waals surface area contributed by atoms with Gasteiger partial charge in [-0.05, 0) is 38.1 Å². The highest BCUT2D eigenvalue weighted by Crippen LogP contribution is 2.22. The largest absolute Gasteiger partial charge is 0.491 e.